The van der Waals surface area contributed by atoms with E-state index in [1.54, 1.807) is 11.8 Å². The van der Waals surface area contributed by atoms with Crippen LogP contribution in [-0.4, -0.2) is 23.7 Å². The van der Waals surface area contributed by atoms with Crippen molar-refractivity contribution in [1.82, 2.24) is 4.90 Å². The summed E-state index contributed by atoms with van der Waals surface area (Å²) in [5.41, 5.74) is 1.75. The molecule has 0 aromatic heterocycles. The molecule has 0 unspecified atom stereocenters. The Morgan fingerprint density at radius 3 is 2.48 bits per heavy atom. The number of nitrogens with zero attached hydrogens (tertiary/aromatic N) is 2. The third kappa shape index (κ3) is 4.89. The van der Waals surface area contributed by atoms with E-state index < -0.39 is 0 Å². The Labute approximate surface area is 189 Å². The first kappa shape index (κ1) is 21.3. The maximum absolute atomic E-state index is 6.40. The highest BCUT2D eigenvalue weighted by Gasteiger charge is 2.37. The highest BCUT2D eigenvalue weighted by Crippen LogP contribution is 2.47. The van der Waals surface area contributed by atoms with E-state index in [4.69, 9.17) is 28.2 Å². The number of rotatable bonds is 6. The lowest BCUT2D eigenvalue weighted by Crippen LogP contribution is -2.38. The van der Waals surface area contributed by atoms with Crippen molar-refractivity contribution in [1.29, 1.82) is 0 Å². The van der Waals surface area contributed by atoms with E-state index in [0.29, 0.717) is 21.4 Å². The topological polar surface area (TPSA) is 15.6 Å². The van der Waals surface area contributed by atoms with E-state index >= 15 is 0 Å². The Kier molecular flexibility index (Phi) is 6.68. The van der Waals surface area contributed by atoms with Crippen LogP contribution in [0.25, 0.3) is 0 Å². The predicted octanol–water partition coefficient (Wildman–Crippen LogP) is 7.97. The third-order valence-electron chi connectivity index (χ3n) is 6.70. The third-order valence-corrected chi connectivity index (χ3v) is 8.65. The first-order chi connectivity index (χ1) is 14.0. The number of halogens is 2. The summed E-state index contributed by atoms with van der Waals surface area (Å²) in [7, 11) is 0. The number of allylic oxidation sites excluding steroid dienone is 2. The Bertz CT molecular complexity index is 825. The normalized spacial score (nSPS) is 22.4. The van der Waals surface area contributed by atoms with Gasteiger partial charge >= 0.3 is 0 Å². The molecule has 1 heterocycles. The molecule has 4 rings (SSSR count). The fourth-order valence-electron chi connectivity index (χ4n) is 4.76. The minimum absolute atomic E-state index is 0.522. The van der Waals surface area contributed by atoms with Crippen LogP contribution < -0.4 is 0 Å². The molecule has 3 aliphatic rings. The van der Waals surface area contributed by atoms with Gasteiger partial charge in [0.1, 0.15) is 5.82 Å². The summed E-state index contributed by atoms with van der Waals surface area (Å²) in [6.45, 7) is 8.71. The van der Waals surface area contributed by atoms with Crippen LogP contribution in [0, 0.1) is 11.3 Å². The number of benzene rings is 1. The molecule has 1 aliphatic heterocycles. The molecule has 3 fully saturated rings. The molecule has 2 aliphatic carbocycles. The molecule has 1 aromatic rings. The van der Waals surface area contributed by atoms with Gasteiger partial charge in [-0.25, -0.2) is 4.99 Å². The Balaban J connectivity index is 1.48. The zero-order chi connectivity index (χ0) is 20.4. The number of aliphatic imine (C=N–C) groups is 1. The van der Waals surface area contributed by atoms with Crippen molar-refractivity contribution in [3.8, 4) is 0 Å². The van der Waals surface area contributed by atoms with Gasteiger partial charge in [-0.3, -0.25) is 0 Å². The van der Waals surface area contributed by atoms with E-state index in [-0.39, 0.29) is 0 Å². The standard InChI is InChI=1S/C24H30Cl2N2S/c1-3-21(28-15-13-24(14-16-28)11-4-5-12-24)27-23(18-9-10-18)17(2)29-20-8-6-7-19(25)22(20)26/h3,6-8,18H,2,4-5,9-16H2,1H3/b21-3+,27-23+. The lowest BCUT2D eigenvalue weighted by atomic mass is 9.77. The lowest BCUT2D eigenvalue weighted by molar-refractivity contribution is 0.132. The van der Waals surface area contributed by atoms with Crippen LogP contribution in [0.1, 0.15) is 58.3 Å². The maximum Gasteiger partial charge on any atom is 0.124 e. The summed E-state index contributed by atoms with van der Waals surface area (Å²) in [6.07, 6.45) is 12.9. The average Bonchev–Trinajstić information content (AvgIpc) is 3.47. The molecule has 0 N–H and O–H groups in total. The van der Waals surface area contributed by atoms with Gasteiger partial charge in [0.25, 0.3) is 0 Å². The maximum atomic E-state index is 6.40. The van der Waals surface area contributed by atoms with E-state index in [9.17, 15) is 0 Å². The zero-order valence-corrected chi connectivity index (χ0v) is 19.6. The number of hydrogen-bond donors (Lipinski definition) is 0. The fraction of sp³-hybridized carbons (Fsp3) is 0.542. The van der Waals surface area contributed by atoms with Gasteiger partial charge in [0.15, 0.2) is 0 Å². The highest BCUT2D eigenvalue weighted by atomic mass is 35.5. The van der Waals surface area contributed by atoms with E-state index in [1.807, 2.05) is 18.2 Å². The summed E-state index contributed by atoms with van der Waals surface area (Å²) >= 11 is 14.2. The largest absolute Gasteiger partial charge is 0.357 e. The first-order valence-corrected chi connectivity index (χ1v) is 12.4. The quantitative estimate of drug-likeness (QED) is 0.323. The SMILES string of the molecule is C=C(Sc1cccc(Cl)c1Cl)/C(=N\C(=C/C)N1CCC2(CCCC2)CC1)C1CC1. The minimum Gasteiger partial charge on any atom is -0.357 e. The van der Waals surface area contributed by atoms with Crippen LogP contribution in [0.15, 0.2) is 51.5 Å². The Morgan fingerprint density at radius 1 is 1.17 bits per heavy atom. The van der Waals surface area contributed by atoms with Crippen molar-refractivity contribution in [2.24, 2.45) is 16.3 Å². The van der Waals surface area contributed by atoms with Crippen molar-refractivity contribution < 1.29 is 0 Å². The van der Waals surface area contributed by atoms with Crippen molar-refractivity contribution in [2.45, 2.75) is 63.2 Å². The predicted molar refractivity (Wildman–Crippen MR) is 127 cm³/mol. The van der Waals surface area contributed by atoms with Crippen LogP contribution in [0.2, 0.25) is 10.0 Å². The average molecular weight is 449 g/mol. The highest BCUT2D eigenvalue weighted by molar-refractivity contribution is 8.04. The van der Waals surface area contributed by atoms with Gasteiger partial charge in [-0.2, -0.15) is 0 Å². The molecule has 2 nitrogen and oxygen atoms in total. The van der Waals surface area contributed by atoms with Crippen molar-refractivity contribution in [3.63, 3.8) is 0 Å². The summed E-state index contributed by atoms with van der Waals surface area (Å²) < 4.78 is 0. The number of hydrogen-bond acceptors (Lipinski definition) is 3. The van der Waals surface area contributed by atoms with Crippen LogP contribution in [-0.2, 0) is 0 Å². The summed E-state index contributed by atoms with van der Waals surface area (Å²) in [4.78, 5) is 9.56. The molecule has 1 aromatic carbocycles. The minimum atomic E-state index is 0.522. The van der Waals surface area contributed by atoms with Crippen LogP contribution >= 0.6 is 35.0 Å². The monoisotopic (exact) mass is 448 g/mol. The summed E-state index contributed by atoms with van der Waals surface area (Å²) in [5.74, 6) is 1.63. The second-order valence-electron chi connectivity index (χ2n) is 8.69. The van der Waals surface area contributed by atoms with Crippen LogP contribution in [0.4, 0.5) is 0 Å². The number of thioether (sulfide) groups is 1. The van der Waals surface area contributed by atoms with Crippen LogP contribution in [0.5, 0.6) is 0 Å². The van der Waals surface area contributed by atoms with Gasteiger partial charge in [-0.1, -0.05) is 60.5 Å². The molecule has 156 valence electrons. The fourth-order valence-corrected chi connectivity index (χ4v) is 6.16. The number of likely N-dealkylation sites (tertiary alicyclic amines) is 1. The van der Waals surface area contributed by atoms with Gasteiger partial charge in [0, 0.05) is 28.8 Å². The molecule has 2 saturated carbocycles. The summed E-state index contributed by atoms with van der Waals surface area (Å²) in [6, 6.07) is 5.75. The zero-order valence-electron chi connectivity index (χ0n) is 17.2. The molecule has 0 amide bonds. The smallest absolute Gasteiger partial charge is 0.124 e. The van der Waals surface area contributed by atoms with Crippen LogP contribution in [0.3, 0.4) is 0 Å². The molecular formula is C24H30Cl2N2S. The molecule has 5 heteroatoms. The van der Waals surface area contributed by atoms with E-state index in [0.717, 1.165) is 34.4 Å². The van der Waals surface area contributed by atoms with Crippen molar-refractivity contribution >= 4 is 40.7 Å². The van der Waals surface area contributed by atoms with E-state index in [2.05, 4.69) is 24.5 Å². The molecule has 0 radical (unpaired) electrons. The first-order valence-electron chi connectivity index (χ1n) is 10.8. The molecule has 0 atom stereocenters. The van der Waals surface area contributed by atoms with Gasteiger partial charge in [0.05, 0.1) is 15.8 Å². The molecule has 0 bridgehead atoms. The number of piperidine rings is 1. The second kappa shape index (κ2) is 9.08. The second-order valence-corrected chi connectivity index (χ2v) is 10.6. The molecule has 29 heavy (non-hydrogen) atoms. The van der Waals surface area contributed by atoms with Crippen molar-refractivity contribution in [3.05, 3.63) is 51.6 Å². The lowest BCUT2D eigenvalue weighted by Gasteiger charge is -2.40. The van der Waals surface area contributed by atoms with Gasteiger partial charge in [-0.05, 0) is 69.1 Å². The molecule has 1 saturated heterocycles. The Hall–Kier alpha value is -0.900. The van der Waals surface area contributed by atoms with Gasteiger partial charge < -0.3 is 4.90 Å². The van der Waals surface area contributed by atoms with Gasteiger partial charge in [0.2, 0.25) is 0 Å². The molecule has 1 spiro atoms. The Morgan fingerprint density at radius 2 is 1.86 bits per heavy atom. The van der Waals surface area contributed by atoms with E-state index in [1.165, 1.54) is 51.4 Å². The molecular weight excluding hydrogens is 419 g/mol. The van der Waals surface area contributed by atoms with Gasteiger partial charge in [-0.15, -0.1) is 0 Å². The summed E-state index contributed by atoms with van der Waals surface area (Å²) in [5, 5.41) is 1.18. The van der Waals surface area contributed by atoms with Crippen molar-refractivity contribution in [2.75, 3.05) is 13.1 Å².